The van der Waals surface area contributed by atoms with Crippen molar-refractivity contribution in [3.8, 4) is 5.75 Å². The number of hydrogen-bond acceptors (Lipinski definition) is 6. The minimum Gasteiger partial charge on any atom is -0.492 e. The predicted molar refractivity (Wildman–Crippen MR) is 130 cm³/mol. The molecule has 1 aromatic rings. The van der Waals surface area contributed by atoms with E-state index in [0.29, 0.717) is 37.3 Å². The largest absolute Gasteiger partial charge is 0.492 e. The minimum absolute atomic E-state index is 0.155. The molecule has 4 aliphatic rings. The smallest absolute Gasteiger partial charge is 0.255 e. The number of piperidine rings is 1. The second kappa shape index (κ2) is 10.3. The molecule has 8 heteroatoms. The molecule has 1 N–H and O–H groups in total. The van der Waals surface area contributed by atoms with Crippen LogP contribution in [0.25, 0.3) is 0 Å². The highest BCUT2D eigenvalue weighted by Crippen LogP contribution is 2.36. The van der Waals surface area contributed by atoms with Gasteiger partial charge >= 0.3 is 0 Å². The zero-order valence-corrected chi connectivity index (χ0v) is 20.8. The Hall–Kier alpha value is -2.45. The molecule has 0 radical (unpaired) electrons. The lowest BCUT2D eigenvalue weighted by molar-refractivity contribution is -0.136. The first-order chi connectivity index (χ1) is 16.9. The van der Waals surface area contributed by atoms with Crippen molar-refractivity contribution in [1.82, 2.24) is 15.1 Å². The quantitative estimate of drug-likeness (QED) is 0.572. The third-order valence-electron chi connectivity index (χ3n) is 8.01. The lowest BCUT2D eigenvalue weighted by Gasteiger charge is -2.45. The van der Waals surface area contributed by atoms with Crippen molar-refractivity contribution in [2.24, 2.45) is 11.8 Å². The number of hydrogen-bond donors (Lipinski definition) is 1. The van der Waals surface area contributed by atoms with Crippen LogP contribution in [0.15, 0.2) is 18.2 Å². The molecule has 1 aliphatic carbocycles. The molecule has 5 rings (SSSR count). The Bertz CT molecular complexity index is 966. The fourth-order valence-corrected chi connectivity index (χ4v) is 6.10. The van der Waals surface area contributed by atoms with Gasteiger partial charge in [0.1, 0.15) is 18.4 Å². The van der Waals surface area contributed by atoms with Gasteiger partial charge in [0.15, 0.2) is 0 Å². The van der Waals surface area contributed by atoms with Gasteiger partial charge in [0.05, 0.1) is 12.2 Å². The predicted octanol–water partition coefficient (Wildman–Crippen LogP) is 2.74. The van der Waals surface area contributed by atoms with Gasteiger partial charge in [-0.1, -0.05) is 0 Å². The van der Waals surface area contributed by atoms with Crippen LogP contribution in [0.2, 0.25) is 0 Å². The third-order valence-corrected chi connectivity index (χ3v) is 8.01. The van der Waals surface area contributed by atoms with E-state index < -0.39 is 6.04 Å². The van der Waals surface area contributed by atoms with Crippen molar-refractivity contribution in [3.05, 3.63) is 29.3 Å². The number of amides is 3. The van der Waals surface area contributed by atoms with Gasteiger partial charge in [0, 0.05) is 38.2 Å². The van der Waals surface area contributed by atoms with Gasteiger partial charge in [-0.25, -0.2) is 0 Å². The zero-order valence-electron chi connectivity index (χ0n) is 20.8. The van der Waals surface area contributed by atoms with Crippen molar-refractivity contribution in [2.45, 2.75) is 77.2 Å². The van der Waals surface area contributed by atoms with Crippen LogP contribution in [0.3, 0.4) is 0 Å². The van der Waals surface area contributed by atoms with E-state index in [1.54, 1.807) is 11.0 Å². The van der Waals surface area contributed by atoms with Crippen molar-refractivity contribution < 1.29 is 23.9 Å². The van der Waals surface area contributed by atoms with Gasteiger partial charge < -0.3 is 14.4 Å². The first-order valence-electron chi connectivity index (χ1n) is 13.2. The first-order valence-corrected chi connectivity index (χ1v) is 13.2. The second-order valence-corrected chi connectivity index (χ2v) is 10.8. The van der Waals surface area contributed by atoms with Crippen LogP contribution in [-0.4, -0.2) is 72.0 Å². The summed E-state index contributed by atoms with van der Waals surface area (Å²) >= 11 is 0. The topological polar surface area (TPSA) is 88.2 Å². The number of carbonyl (C=O) groups excluding carboxylic acids is 3. The number of fused-ring (bicyclic) bond motifs is 1. The molecular formula is C27H37N3O5. The van der Waals surface area contributed by atoms with E-state index >= 15 is 0 Å². The Morgan fingerprint density at radius 2 is 1.80 bits per heavy atom. The second-order valence-electron chi connectivity index (χ2n) is 10.8. The van der Waals surface area contributed by atoms with Gasteiger partial charge in [0.2, 0.25) is 11.8 Å². The maximum absolute atomic E-state index is 12.8. The Balaban J connectivity index is 1.04. The van der Waals surface area contributed by atoms with Gasteiger partial charge in [-0.2, -0.15) is 0 Å². The number of nitrogens with one attached hydrogen (secondary N) is 1. The molecule has 190 valence electrons. The Morgan fingerprint density at radius 3 is 2.51 bits per heavy atom. The summed E-state index contributed by atoms with van der Waals surface area (Å²) in [6, 6.07) is 4.95. The Kier molecular flexibility index (Phi) is 7.12. The van der Waals surface area contributed by atoms with Crippen LogP contribution in [0.1, 0.15) is 68.3 Å². The van der Waals surface area contributed by atoms with Crippen LogP contribution in [0.5, 0.6) is 5.75 Å². The molecule has 1 saturated carbocycles. The van der Waals surface area contributed by atoms with Crippen LogP contribution >= 0.6 is 0 Å². The van der Waals surface area contributed by atoms with Crippen molar-refractivity contribution in [3.63, 3.8) is 0 Å². The summed E-state index contributed by atoms with van der Waals surface area (Å²) in [7, 11) is 0. The monoisotopic (exact) mass is 483 g/mol. The van der Waals surface area contributed by atoms with E-state index in [9.17, 15) is 14.4 Å². The first kappa shape index (κ1) is 24.3. The van der Waals surface area contributed by atoms with E-state index in [-0.39, 0.29) is 24.1 Å². The zero-order chi connectivity index (χ0) is 24.5. The molecule has 3 aliphatic heterocycles. The summed E-state index contributed by atoms with van der Waals surface area (Å²) < 4.78 is 12.0. The average molecular weight is 484 g/mol. The summed E-state index contributed by atoms with van der Waals surface area (Å²) in [5.41, 5.74) is 1.49. The molecule has 35 heavy (non-hydrogen) atoms. The molecule has 1 unspecified atom stereocenters. The number of nitrogens with zero attached hydrogens (tertiary/aromatic N) is 2. The van der Waals surface area contributed by atoms with Crippen molar-refractivity contribution in [2.75, 3.05) is 26.2 Å². The minimum atomic E-state index is -0.589. The van der Waals surface area contributed by atoms with E-state index in [1.807, 2.05) is 12.1 Å². The maximum atomic E-state index is 12.8. The lowest BCUT2D eigenvalue weighted by Crippen LogP contribution is -2.52. The van der Waals surface area contributed by atoms with Gasteiger partial charge in [-0.15, -0.1) is 0 Å². The van der Waals surface area contributed by atoms with E-state index in [4.69, 9.17) is 9.47 Å². The van der Waals surface area contributed by atoms with Crippen molar-refractivity contribution in [1.29, 1.82) is 0 Å². The third kappa shape index (κ3) is 5.38. The number of carbonyl (C=O) groups is 3. The fraction of sp³-hybridized carbons (Fsp3) is 0.667. The number of benzene rings is 1. The van der Waals surface area contributed by atoms with Crippen LogP contribution in [-0.2, 0) is 20.9 Å². The van der Waals surface area contributed by atoms with Crippen LogP contribution in [0.4, 0.5) is 0 Å². The molecule has 3 amide bonds. The van der Waals surface area contributed by atoms with E-state index in [1.165, 1.54) is 25.7 Å². The number of imide groups is 1. The maximum Gasteiger partial charge on any atom is 0.255 e. The van der Waals surface area contributed by atoms with Gasteiger partial charge in [0.25, 0.3) is 5.91 Å². The molecule has 3 fully saturated rings. The normalized spacial score (nSPS) is 27.7. The molecular weight excluding hydrogens is 446 g/mol. The molecule has 0 bridgehead atoms. The molecule has 1 atom stereocenters. The van der Waals surface area contributed by atoms with Crippen LogP contribution in [0, 0.1) is 11.8 Å². The SMILES string of the molecule is CC(C)OC1CCC(C2CN(CCOc3ccc4c(c3)CN(C3CCC(=O)NC3=O)C4=O)C2)CC1. The fourth-order valence-electron chi connectivity index (χ4n) is 6.10. The van der Waals surface area contributed by atoms with Gasteiger partial charge in [-0.05, 0) is 81.5 Å². The molecule has 0 spiro atoms. The highest BCUT2D eigenvalue weighted by molar-refractivity contribution is 6.05. The van der Waals surface area contributed by atoms with E-state index in [0.717, 1.165) is 42.8 Å². The highest BCUT2D eigenvalue weighted by atomic mass is 16.5. The molecule has 1 aromatic carbocycles. The van der Waals surface area contributed by atoms with E-state index in [2.05, 4.69) is 24.1 Å². The van der Waals surface area contributed by atoms with Crippen LogP contribution < -0.4 is 10.1 Å². The number of ether oxygens (including phenoxy) is 2. The summed E-state index contributed by atoms with van der Waals surface area (Å²) in [5.74, 6) is 1.58. The molecule has 0 aromatic heterocycles. The average Bonchev–Trinajstić information content (AvgIpc) is 3.11. The number of rotatable bonds is 8. The summed E-state index contributed by atoms with van der Waals surface area (Å²) in [4.78, 5) is 40.5. The molecule has 3 heterocycles. The summed E-state index contributed by atoms with van der Waals surface area (Å²) in [6.45, 7) is 8.45. The highest BCUT2D eigenvalue weighted by Gasteiger charge is 2.39. The standard InChI is InChI=1S/C27H37N3O5/c1-17(2)35-21-5-3-18(4-6-21)20-14-29(15-20)11-12-34-22-7-8-23-19(13-22)16-30(27(23)33)24-9-10-25(31)28-26(24)32/h7-8,13,17-18,20-21,24H,3-6,9-12,14-16H2,1-2H3,(H,28,31,32). The summed E-state index contributed by atoms with van der Waals surface area (Å²) in [6.07, 6.45) is 6.38. The lowest BCUT2D eigenvalue weighted by atomic mass is 9.75. The Morgan fingerprint density at radius 1 is 1.03 bits per heavy atom. The summed E-state index contributed by atoms with van der Waals surface area (Å²) in [5, 5.41) is 2.34. The van der Waals surface area contributed by atoms with Crippen molar-refractivity contribution >= 4 is 17.7 Å². The molecule has 2 saturated heterocycles. The van der Waals surface area contributed by atoms with Gasteiger partial charge in [-0.3, -0.25) is 24.6 Å². The molecule has 8 nitrogen and oxygen atoms in total. The Labute approximate surface area is 207 Å². The number of likely N-dealkylation sites (tertiary alicyclic amines) is 1.